The van der Waals surface area contributed by atoms with Gasteiger partial charge in [0.25, 0.3) is 5.91 Å². The lowest BCUT2D eigenvalue weighted by Gasteiger charge is -2.06. The van der Waals surface area contributed by atoms with E-state index in [9.17, 15) is 4.79 Å². The van der Waals surface area contributed by atoms with Gasteiger partial charge in [-0.2, -0.15) is 5.10 Å². The van der Waals surface area contributed by atoms with E-state index in [4.69, 9.17) is 18.0 Å². The Labute approximate surface area is 127 Å². The van der Waals surface area contributed by atoms with E-state index in [2.05, 4.69) is 26.3 Å². The molecular formula is C11H11BrN4OS2. The predicted octanol–water partition coefficient (Wildman–Crippen LogP) is 2.44. The van der Waals surface area contributed by atoms with E-state index >= 15 is 0 Å². The van der Waals surface area contributed by atoms with Gasteiger partial charge in [0.1, 0.15) is 10.8 Å². The number of aryl methyl sites for hydroxylation is 2. The van der Waals surface area contributed by atoms with Crippen molar-refractivity contribution in [1.82, 2.24) is 9.78 Å². The summed E-state index contributed by atoms with van der Waals surface area (Å²) in [6.45, 7) is 1.93. The number of thiocarbonyl (C=S) groups is 1. The van der Waals surface area contributed by atoms with Crippen molar-refractivity contribution in [3.05, 3.63) is 32.1 Å². The lowest BCUT2D eigenvalue weighted by Crippen LogP contribution is -2.18. The molecule has 0 spiro atoms. The molecule has 0 atom stereocenters. The Hall–Kier alpha value is -1.25. The van der Waals surface area contributed by atoms with Crippen molar-refractivity contribution in [3.8, 4) is 0 Å². The monoisotopic (exact) mass is 358 g/mol. The van der Waals surface area contributed by atoms with E-state index in [-0.39, 0.29) is 10.9 Å². The van der Waals surface area contributed by atoms with Gasteiger partial charge in [-0.25, -0.2) is 0 Å². The molecule has 2 rings (SSSR count). The standard InChI is InChI=1S/C11H11BrN4OS2/c1-5-3-7(19-8(5)12)11(17)15-10-6(9(13)18)4-14-16(10)2/h3-4H,1-2H3,(H2,13,18)(H,15,17). The van der Waals surface area contributed by atoms with E-state index in [0.717, 1.165) is 9.35 Å². The molecule has 0 aliphatic carbocycles. The number of carbonyl (C=O) groups excluding carboxylic acids is 1. The van der Waals surface area contributed by atoms with Crippen LogP contribution in [-0.4, -0.2) is 20.7 Å². The number of nitrogens with two attached hydrogens (primary N) is 1. The molecule has 0 aromatic carbocycles. The quantitative estimate of drug-likeness (QED) is 0.826. The number of carbonyl (C=O) groups is 1. The minimum atomic E-state index is -0.208. The van der Waals surface area contributed by atoms with Crippen LogP contribution in [-0.2, 0) is 7.05 Å². The normalized spacial score (nSPS) is 10.5. The second-order valence-corrected chi connectivity index (χ2v) is 6.73. The molecule has 0 saturated heterocycles. The number of hydrogen-bond acceptors (Lipinski definition) is 4. The first-order chi connectivity index (χ1) is 8.90. The zero-order valence-electron chi connectivity index (χ0n) is 10.2. The second-order valence-electron chi connectivity index (χ2n) is 3.92. The van der Waals surface area contributed by atoms with E-state index in [1.165, 1.54) is 22.2 Å². The van der Waals surface area contributed by atoms with Crippen LogP contribution in [0.5, 0.6) is 0 Å². The van der Waals surface area contributed by atoms with Crippen molar-refractivity contribution in [2.24, 2.45) is 12.8 Å². The van der Waals surface area contributed by atoms with Gasteiger partial charge in [-0.15, -0.1) is 11.3 Å². The lowest BCUT2D eigenvalue weighted by molar-refractivity contribution is 0.102. The molecule has 19 heavy (non-hydrogen) atoms. The molecule has 2 heterocycles. The molecule has 1 amide bonds. The third kappa shape index (κ3) is 2.85. The minimum absolute atomic E-state index is 0.201. The molecule has 0 radical (unpaired) electrons. The van der Waals surface area contributed by atoms with Crippen LogP contribution in [0.25, 0.3) is 0 Å². The number of rotatable bonds is 3. The summed E-state index contributed by atoms with van der Waals surface area (Å²) in [6.07, 6.45) is 1.54. The van der Waals surface area contributed by atoms with Crippen molar-refractivity contribution in [1.29, 1.82) is 0 Å². The Morgan fingerprint density at radius 2 is 2.32 bits per heavy atom. The van der Waals surface area contributed by atoms with Gasteiger partial charge in [-0.3, -0.25) is 9.48 Å². The zero-order valence-corrected chi connectivity index (χ0v) is 13.4. The van der Waals surface area contributed by atoms with Crippen molar-refractivity contribution < 1.29 is 4.79 Å². The highest BCUT2D eigenvalue weighted by Gasteiger charge is 2.17. The first-order valence-electron chi connectivity index (χ1n) is 5.29. The van der Waals surface area contributed by atoms with Crippen molar-refractivity contribution in [2.45, 2.75) is 6.92 Å². The molecule has 0 unspecified atom stereocenters. The number of nitrogens with one attached hydrogen (secondary N) is 1. The van der Waals surface area contributed by atoms with Gasteiger partial charge in [0, 0.05) is 7.05 Å². The van der Waals surface area contributed by atoms with E-state index in [0.29, 0.717) is 16.3 Å². The van der Waals surface area contributed by atoms with Gasteiger partial charge in [0.15, 0.2) is 0 Å². The van der Waals surface area contributed by atoms with Crippen LogP contribution < -0.4 is 11.1 Å². The van der Waals surface area contributed by atoms with Crippen molar-refractivity contribution in [2.75, 3.05) is 5.32 Å². The number of hydrogen-bond donors (Lipinski definition) is 2. The van der Waals surface area contributed by atoms with Gasteiger partial charge < -0.3 is 11.1 Å². The van der Waals surface area contributed by atoms with Crippen LogP contribution in [0.4, 0.5) is 5.82 Å². The van der Waals surface area contributed by atoms with Gasteiger partial charge in [0.2, 0.25) is 0 Å². The Kier molecular flexibility index (Phi) is 4.02. The number of amides is 1. The van der Waals surface area contributed by atoms with E-state index in [1.54, 1.807) is 7.05 Å². The Morgan fingerprint density at radius 1 is 1.63 bits per heavy atom. The molecule has 0 aliphatic rings. The van der Waals surface area contributed by atoms with Crippen LogP contribution in [0.3, 0.4) is 0 Å². The summed E-state index contributed by atoms with van der Waals surface area (Å²) in [5, 5.41) is 6.82. The van der Waals surface area contributed by atoms with Gasteiger partial charge >= 0.3 is 0 Å². The fourth-order valence-electron chi connectivity index (χ4n) is 1.51. The summed E-state index contributed by atoms with van der Waals surface area (Å²) in [5.74, 6) is 0.291. The van der Waals surface area contributed by atoms with Crippen LogP contribution in [0.1, 0.15) is 20.8 Å². The summed E-state index contributed by atoms with van der Waals surface area (Å²) in [4.78, 5) is 13.0. The Balaban J connectivity index is 2.29. The molecule has 0 saturated carbocycles. The largest absolute Gasteiger partial charge is 0.389 e. The predicted molar refractivity (Wildman–Crippen MR) is 83.8 cm³/mol. The summed E-state index contributed by atoms with van der Waals surface area (Å²) in [5.41, 5.74) is 7.17. The molecule has 0 aliphatic heterocycles. The fraction of sp³-hybridized carbons (Fsp3) is 0.182. The second kappa shape index (κ2) is 5.40. The lowest BCUT2D eigenvalue weighted by atomic mass is 10.3. The van der Waals surface area contributed by atoms with Crippen LogP contribution in [0, 0.1) is 6.92 Å². The molecule has 2 aromatic heterocycles. The van der Waals surface area contributed by atoms with Crippen molar-refractivity contribution >= 4 is 56.2 Å². The van der Waals surface area contributed by atoms with E-state index < -0.39 is 0 Å². The average Bonchev–Trinajstić information content (AvgIpc) is 2.85. The molecule has 3 N–H and O–H groups in total. The minimum Gasteiger partial charge on any atom is -0.389 e. The maximum Gasteiger partial charge on any atom is 0.266 e. The number of nitrogens with zero attached hydrogens (tertiary/aromatic N) is 2. The van der Waals surface area contributed by atoms with Crippen molar-refractivity contribution in [3.63, 3.8) is 0 Å². The molecule has 5 nitrogen and oxygen atoms in total. The average molecular weight is 359 g/mol. The number of halogens is 1. The maximum atomic E-state index is 12.2. The molecule has 0 bridgehead atoms. The highest BCUT2D eigenvalue weighted by molar-refractivity contribution is 9.11. The maximum absolute atomic E-state index is 12.2. The summed E-state index contributed by atoms with van der Waals surface area (Å²) in [6, 6.07) is 1.82. The molecule has 100 valence electrons. The fourth-order valence-corrected chi connectivity index (χ4v) is 3.09. The van der Waals surface area contributed by atoms with Gasteiger partial charge in [-0.05, 0) is 34.5 Å². The molecular weight excluding hydrogens is 348 g/mol. The SMILES string of the molecule is Cc1cc(C(=O)Nc2c(C(N)=S)cnn2C)sc1Br. The van der Waals surface area contributed by atoms with E-state index in [1.807, 2.05) is 13.0 Å². The molecule has 2 aromatic rings. The molecule has 0 fully saturated rings. The molecule has 8 heteroatoms. The van der Waals surface area contributed by atoms with Crippen LogP contribution in [0.15, 0.2) is 16.0 Å². The number of anilines is 1. The first-order valence-corrected chi connectivity index (χ1v) is 7.31. The summed E-state index contributed by atoms with van der Waals surface area (Å²) in [7, 11) is 1.72. The first kappa shape index (κ1) is 14.2. The van der Waals surface area contributed by atoms with Gasteiger partial charge in [-0.1, -0.05) is 12.2 Å². The highest BCUT2D eigenvalue weighted by Crippen LogP contribution is 2.28. The van der Waals surface area contributed by atoms with Crippen LogP contribution >= 0.6 is 39.5 Å². The zero-order chi connectivity index (χ0) is 14.2. The number of aromatic nitrogens is 2. The summed E-state index contributed by atoms with van der Waals surface area (Å²) < 4.78 is 2.47. The third-order valence-electron chi connectivity index (χ3n) is 2.52. The van der Waals surface area contributed by atoms with Gasteiger partial charge in [0.05, 0.1) is 20.4 Å². The smallest absolute Gasteiger partial charge is 0.266 e. The third-order valence-corrected chi connectivity index (χ3v) is 4.87. The Bertz CT molecular complexity index is 642. The topological polar surface area (TPSA) is 72.9 Å². The van der Waals surface area contributed by atoms with Crippen LogP contribution in [0.2, 0.25) is 0 Å². The Morgan fingerprint density at radius 3 is 2.84 bits per heavy atom. The summed E-state index contributed by atoms with van der Waals surface area (Å²) >= 11 is 9.70. The number of thiophene rings is 1. The highest BCUT2D eigenvalue weighted by atomic mass is 79.9.